The molecule has 0 unspecified atom stereocenters. The summed E-state index contributed by atoms with van der Waals surface area (Å²) in [6, 6.07) is 1.78. The lowest BCUT2D eigenvalue weighted by atomic mass is 10.2. The molecule has 1 heterocycles. The largest absolute Gasteiger partial charge is 0.495 e. The highest BCUT2D eigenvalue weighted by molar-refractivity contribution is 5.70. The number of ether oxygens (including phenoxy) is 1. The lowest BCUT2D eigenvalue weighted by molar-refractivity contribution is -0.135. The second-order valence-corrected chi connectivity index (χ2v) is 2.66. The van der Waals surface area contributed by atoms with E-state index in [9.17, 15) is 4.79 Å². The van der Waals surface area contributed by atoms with Gasteiger partial charge in [-0.1, -0.05) is 12.2 Å². The summed E-state index contributed by atoms with van der Waals surface area (Å²) in [5.74, 6) is -0.195. The van der Waals surface area contributed by atoms with Crippen LogP contribution in [0.3, 0.4) is 0 Å². The van der Waals surface area contributed by atoms with Gasteiger partial charge in [-0.2, -0.15) is 0 Å². The molecular formula is C10H11NO3. The normalized spacial score (nSPS) is 10.4. The maximum absolute atomic E-state index is 10.2. The number of aliphatic carboxylic acids is 1. The maximum atomic E-state index is 10.2. The first-order valence-corrected chi connectivity index (χ1v) is 4.10. The minimum atomic E-state index is -0.850. The van der Waals surface area contributed by atoms with Crippen LogP contribution in [0.15, 0.2) is 24.5 Å². The fourth-order valence-electron chi connectivity index (χ4n) is 0.934. The van der Waals surface area contributed by atoms with Gasteiger partial charge in [0.05, 0.1) is 19.7 Å². The molecule has 1 aromatic heterocycles. The summed E-state index contributed by atoms with van der Waals surface area (Å²) in [5, 5.41) is 8.40. The summed E-state index contributed by atoms with van der Waals surface area (Å²) >= 11 is 0. The Balaban J connectivity index is 2.66. The van der Waals surface area contributed by atoms with Crippen molar-refractivity contribution in [2.24, 2.45) is 0 Å². The average Bonchev–Trinajstić information content (AvgIpc) is 2.18. The van der Waals surface area contributed by atoms with E-state index in [0.717, 1.165) is 5.56 Å². The van der Waals surface area contributed by atoms with Crippen LogP contribution in [-0.2, 0) is 4.79 Å². The highest BCUT2D eigenvalue weighted by Gasteiger charge is 1.93. The number of carboxylic acid groups (broad SMARTS) is 1. The number of pyridine rings is 1. The number of hydrogen-bond acceptors (Lipinski definition) is 3. The molecular weight excluding hydrogens is 182 g/mol. The van der Waals surface area contributed by atoms with Crippen molar-refractivity contribution in [3.8, 4) is 5.75 Å². The van der Waals surface area contributed by atoms with Crippen molar-refractivity contribution in [3.63, 3.8) is 0 Å². The summed E-state index contributed by atoms with van der Waals surface area (Å²) in [5.41, 5.74) is 0.825. The van der Waals surface area contributed by atoms with Crippen LogP contribution in [-0.4, -0.2) is 23.2 Å². The van der Waals surface area contributed by atoms with Crippen LogP contribution in [0.5, 0.6) is 5.75 Å². The number of aromatic nitrogens is 1. The van der Waals surface area contributed by atoms with Crippen LogP contribution in [0, 0.1) is 0 Å². The van der Waals surface area contributed by atoms with Crippen molar-refractivity contribution in [1.82, 2.24) is 4.98 Å². The Hall–Kier alpha value is -1.84. The fraction of sp³-hybridized carbons (Fsp3) is 0.200. The molecule has 0 atom stereocenters. The molecule has 0 bridgehead atoms. The van der Waals surface area contributed by atoms with Crippen LogP contribution in [0.1, 0.15) is 12.0 Å². The number of carbonyl (C=O) groups is 1. The predicted octanol–water partition coefficient (Wildman–Crippen LogP) is 1.58. The highest BCUT2D eigenvalue weighted by atomic mass is 16.5. The Labute approximate surface area is 81.9 Å². The van der Waals surface area contributed by atoms with E-state index < -0.39 is 5.97 Å². The molecule has 1 aromatic rings. The quantitative estimate of drug-likeness (QED) is 0.788. The average molecular weight is 193 g/mol. The molecule has 0 fully saturated rings. The summed E-state index contributed by atoms with van der Waals surface area (Å²) in [7, 11) is 1.56. The number of rotatable bonds is 4. The molecule has 4 heteroatoms. The van der Waals surface area contributed by atoms with Gasteiger partial charge in [0, 0.05) is 6.20 Å². The molecule has 1 rings (SSSR count). The minimum absolute atomic E-state index is 0.0111. The van der Waals surface area contributed by atoms with Crippen molar-refractivity contribution in [2.45, 2.75) is 6.42 Å². The summed E-state index contributed by atoms with van der Waals surface area (Å²) in [6.07, 6.45) is 6.51. The Morgan fingerprint density at radius 1 is 1.64 bits per heavy atom. The van der Waals surface area contributed by atoms with Gasteiger partial charge in [0.2, 0.25) is 0 Å². The fourth-order valence-corrected chi connectivity index (χ4v) is 0.934. The molecule has 4 nitrogen and oxygen atoms in total. The van der Waals surface area contributed by atoms with E-state index in [-0.39, 0.29) is 6.42 Å². The number of nitrogens with zero attached hydrogens (tertiary/aromatic N) is 1. The van der Waals surface area contributed by atoms with Crippen LogP contribution in [0.4, 0.5) is 0 Å². The zero-order valence-corrected chi connectivity index (χ0v) is 7.80. The van der Waals surface area contributed by atoms with Gasteiger partial charge < -0.3 is 9.84 Å². The number of hydrogen-bond donors (Lipinski definition) is 1. The molecule has 0 aromatic carbocycles. The Kier molecular flexibility index (Phi) is 3.67. The summed E-state index contributed by atoms with van der Waals surface area (Å²) < 4.78 is 4.97. The molecule has 14 heavy (non-hydrogen) atoms. The van der Waals surface area contributed by atoms with Crippen LogP contribution < -0.4 is 4.74 Å². The monoisotopic (exact) mass is 193 g/mol. The molecule has 0 saturated heterocycles. The van der Waals surface area contributed by atoms with E-state index >= 15 is 0 Å². The second-order valence-electron chi connectivity index (χ2n) is 2.66. The van der Waals surface area contributed by atoms with E-state index in [0.29, 0.717) is 5.75 Å². The van der Waals surface area contributed by atoms with E-state index in [1.54, 1.807) is 37.7 Å². The van der Waals surface area contributed by atoms with Gasteiger partial charge in [-0.05, 0) is 11.6 Å². The minimum Gasteiger partial charge on any atom is -0.495 e. The van der Waals surface area contributed by atoms with Gasteiger partial charge in [-0.15, -0.1) is 0 Å². The standard InChI is InChI=1S/C10H11NO3/c1-14-9-5-8(6-11-7-9)3-2-4-10(12)13/h2-3,5-7H,4H2,1H3,(H,12,13). The lowest BCUT2D eigenvalue weighted by Crippen LogP contribution is -1.90. The smallest absolute Gasteiger partial charge is 0.307 e. The Bertz CT molecular complexity index is 347. The van der Waals surface area contributed by atoms with E-state index in [1.165, 1.54) is 0 Å². The van der Waals surface area contributed by atoms with Gasteiger partial charge in [0.25, 0.3) is 0 Å². The molecule has 74 valence electrons. The number of methoxy groups -OCH3 is 1. The van der Waals surface area contributed by atoms with Gasteiger partial charge in [0.1, 0.15) is 5.75 Å². The Morgan fingerprint density at radius 2 is 2.43 bits per heavy atom. The SMILES string of the molecule is COc1cncc(C=CCC(=O)O)c1. The molecule has 0 saturated carbocycles. The molecule has 0 aliphatic heterocycles. The first-order valence-electron chi connectivity index (χ1n) is 4.10. The second kappa shape index (κ2) is 5.01. The predicted molar refractivity (Wildman–Crippen MR) is 52.1 cm³/mol. The van der Waals surface area contributed by atoms with Crippen molar-refractivity contribution in [3.05, 3.63) is 30.1 Å². The zero-order valence-electron chi connectivity index (χ0n) is 7.80. The molecule has 0 aliphatic rings. The first-order chi connectivity index (χ1) is 6.72. The highest BCUT2D eigenvalue weighted by Crippen LogP contribution is 2.11. The van der Waals surface area contributed by atoms with Crippen molar-refractivity contribution < 1.29 is 14.6 Å². The summed E-state index contributed by atoms with van der Waals surface area (Å²) in [4.78, 5) is 14.2. The van der Waals surface area contributed by atoms with Crippen LogP contribution >= 0.6 is 0 Å². The van der Waals surface area contributed by atoms with Gasteiger partial charge >= 0.3 is 5.97 Å². The van der Waals surface area contributed by atoms with Gasteiger partial charge in [0.15, 0.2) is 0 Å². The topological polar surface area (TPSA) is 59.4 Å². The van der Waals surface area contributed by atoms with Crippen LogP contribution in [0.2, 0.25) is 0 Å². The van der Waals surface area contributed by atoms with E-state index in [4.69, 9.17) is 9.84 Å². The van der Waals surface area contributed by atoms with Gasteiger partial charge in [-0.25, -0.2) is 0 Å². The molecule has 0 spiro atoms. The van der Waals surface area contributed by atoms with E-state index in [1.807, 2.05) is 0 Å². The van der Waals surface area contributed by atoms with Crippen molar-refractivity contribution >= 4 is 12.0 Å². The van der Waals surface area contributed by atoms with Crippen LogP contribution in [0.25, 0.3) is 6.08 Å². The van der Waals surface area contributed by atoms with E-state index in [2.05, 4.69) is 4.98 Å². The third-order valence-electron chi connectivity index (χ3n) is 1.57. The molecule has 0 radical (unpaired) electrons. The van der Waals surface area contributed by atoms with Gasteiger partial charge in [-0.3, -0.25) is 9.78 Å². The third kappa shape index (κ3) is 3.26. The zero-order chi connectivity index (χ0) is 10.4. The molecule has 0 amide bonds. The first kappa shape index (κ1) is 10.2. The molecule has 0 aliphatic carbocycles. The molecule has 1 N–H and O–H groups in total. The number of carboxylic acids is 1. The van der Waals surface area contributed by atoms with Crippen molar-refractivity contribution in [1.29, 1.82) is 0 Å². The lowest BCUT2D eigenvalue weighted by Gasteiger charge is -1.98. The third-order valence-corrected chi connectivity index (χ3v) is 1.57. The maximum Gasteiger partial charge on any atom is 0.307 e. The van der Waals surface area contributed by atoms with Crippen molar-refractivity contribution in [2.75, 3.05) is 7.11 Å². The Morgan fingerprint density at radius 3 is 3.07 bits per heavy atom. The summed E-state index contributed by atoms with van der Waals surface area (Å²) in [6.45, 7) is 0.